The van der Waals surface area contributed by atoms with Crippen molar-refractivity contribution in [2.75, 3.05) is 0 Å². The van der Waals surface area contributed by atoms with E-state index >= 15 is 0 Å². The monoisotopic (exact) mass is 327 g/mol. The second kappa shape index (κ2) is 7.65. The minimum absolute atomic E-state index is 0.0253. The fraction of sp³-hybridized carbons (Fsp3) is 0.500. The van der Waals surface area contributed by atoms with Crippen molar-refractivity contribution in [3.63, 3.8) is 0 Å². The van der Waals surface area contributed by atoms with Crippen LogP contribution in [0.4, 0.5) is 0 Å². The normalized spacial score (nSPS) is 18.6. The third-order valence-corrected chi connectivity index (χ3v) is 4.95. The molecule has 2 N–H and O–H groups in total. The summed E-state index contributed by atoms with van der Waals surface area (Å²) >= 11 is 0. The van der Waals surface area contributed by atoms with Crippen LogP contribution in [0.5, 0.6) is 5.75 Å². The molecule has 0 aromatic heterocycles. The van der Waals surface area contributed by atoms with Crippen LogP contribution >= 0.6 is 0 Å². The zero-order chi connectivity index (χ0) is 16.9. The number of allylic oxidation sites excluding steroid dienone is 1. The molecule has 24 heavy (non-hydrogen) atoms. The third kappa shape index (κ3) is 4.70. The van der Waals surface area contributed by atoms with Gasteiger partial charge in [0.15, 0.2) is 5.78 Å². The molecule has 0 unspecified atom stereocenters. The number of carbonyl (C=O) groups is 2. The number of ketones is 1. The van der Waals surface area contributed by atoms with E-state index in [9.17, 15) is 14.7 Å². The van der Waals surface area contributed by atoms with Gasteiger partial charge in [0, 0.05) is 12.3 Å². The van der Waals surface area contributed by atoms with Crippen molar-refractivity contribution in [1.82, 2.24) is 5.32 Å². The van der Waals surface area contributed by atoms with E-state index in [1.54, 1.807) is 30.3 Å². The minimum Gasteiger partial charge on any atom is -0.508 e. The van der Waals surface area contributed by atoms with Crippen LogP contribution in [-0.4, -0.2) is 16.8 Å². The first-order valence-corrected chi connectivity index (χ1v) is 8.96. The molecule has 2 aliphatic rings. The number of carbonyl (C=O) groups excluding carboxylic acids is 2. The van der Waals surface area contributed by atoms with Crippen molar-refractivity contribution >= 4 is 17.8 Å². The van der Waals surface area contributed by atoms with Gasteiger partial charge in [0.1, 0.15) is 5.75 Å². The number of benzene rings is 1. The predicted octanol–water partition coefficient (Wildman–Crippen LogP) is 3.80. The number of phenols is 1. The molecule has 2 fully saturated rings. The van der Waals surface area contributed by atoms with Gasteiger partial charge in [-0.05, 0) is 49.0 Å². The molecule has 0 saturated heterocycles. The van der Waals surface area contributed by atoms with Crippen molar-refractivity contribution in [1.29, 1.82) is 0 Å². The van der Waals surface area contributed by atoms with E-state index in [1.807, 2.05) is 0 Å². The second-order valence-corrected chi connectivity index (χ2v) is 7.03. The van der Waals surface area contributed by atoms with Crippen molar-refractivity contribution < 1.29 is 14.7 Å². The highest BCUT2D eigenvalue weighted by Gasteiger charge is 2.32. The van der Waals surface area contributed by atoms with Crippen molar-refractivity contribution in [3.8, 4) is 5.75 Å². The van der Waals surface area contributed by atoms with E-state index in [4.69, 9.17) is 0 Å². The number of hydrogen-bond donors (Lipinski definition) is 2. The molecule has 4 nitrogen and oxygen atoms in total. The Bertz CT molecular complexity index is 623. The topological polar surface area (TPSA) is 66.4 Å². The first-order valence-electron chi connectivity index (χ1n) is 8.96. The fourth-order valence-corrected chi connectivity index (χ4v) is 3.32. The molecule has 0 radical (unpaired) electrons. The van der Waals surface area contributed by atoms with Gasteiger partial charge >= 0.3 is 0 Å². The van der Waals surface area contributed by atoms with Crippen molar-refractivity contribution in [2.24, 2.45) is 11.8 Å². The van der Waals surface area contributed by atoms with Crippen LogP contribution in [0.2, 0.25) is 0 Å². The summed E-state index contributed by atoms with van der Waals surface area (Å²) in [5, 5.41) is 12.2. The van der Waals surface area contributed by atoms with Gasteiger partial charge in [-0.2, -0.15) is 0 Å². The lowest BCUT2D eigenvalue weighted by Gasteiger charge is -2.11. The van der Waals surface area contributed by atoms with Crippen LogP contribution in [0.15, 0.2) is 30.0 Å². The van der Waals surface area contributed by atoms with Gasteiger partial charge < -0.3 is 10.4 Å². The SMILES string of the molecule is O=C(CCC1CCCC1)N/C(=C\c1ccc(O)cc1)C(=O)C1CC1. The summed E-state index contributed by atoms with van der Waals surface area (Å²) in [5.41, 5.74) is 1.19. The average molecular weight is 327 g/mol. The number of Topliss-reactive ketones (excluding diaryl/α,β-unsaturated/α-hetero) is 1. The zero-order valence-corrected chi connectivity index (χ0v) is 14.0. The maximum Gasteiger partial charge on any atom is 0.224 e. The predicted molar refractivity (Wildman–Crippen MR) is 93.1 cm³/mol. The molecule has 0 aliphatic heterocycles. The number of aromatic hydroxyl groups is 1. The lowest BCUT2D eigenvalue weighted by Crippen LogP contribution is -2.28. The summed E-state index contributed by atoms with van der Waals surface area (Å²) in [6, 6.07) is 6.63. The quantitative estimate of drug-likeness (QED) is 0.749. The number of phenolic OH excluding ortho intramolecular Hbond substituents is 1. The lowest BCUT2D eigenvalue weighted by atomic mass is 10.0. The van der Waals surface area contributed by atoms with Gasteiger partial charge in [-0.3, -0.25) is 9.59 Å². The third-order valence-electron chi connectivity index (χ3n) is 4.95. The van der Waals surface area contributed by atoms with Gasteiger partial charge in [-0.1, -0.05) is 37.8 Å². The molecule has 2 aliphatic carbocycles. The number of amides is 1. The van der Waals surface area contributed by atoms with Gasteiger partial charge in [0.2, 0.25) is 5.91 Å². The van der Waals surface area contributed by atoms with Gasteiger partial charge in [0.25, 0.3) is 0 Å². The Hall–Kier alpha value is -2.10. The van der Waals surface area contributed by atoms with Crippen molar-refractivity contribution in [3.05, 3.63) is 35.5 Å². The first-order chi connectivity index (χ1) is 11.6. The van der Waals surface area contributed by atoms with Crippen LogP contribution in [0.25, 0.3) is 6.08 Å². The Labute approximate surface area is 143 Å². The van der Waals surface area contributed by atoms with Crippen LogP contribution < -0.4 is 5.32 Å². The Morgan fingerprint density at radius 2 is 1.75 bits per heavy atom. The average Bonchev–Trinajstić information content (AvgIpc) is 3.30. The molecular formula is C20H25NO3. The highest BCUT2D eigenvalue weighted by atomic mass is 16.3. The number of hydrogen-bond acceptors (Lipinski definition) is 3. The van der Waals surface area contributed by atoms with Gasteiger partial charge in [-0.15, -0.1) is 0 Å². The molecule has 0 spiro atoms. The molecule has 1 aromatic carbocycles. The molecule has 0 heterocycles. The Kier molecular flexibility index (Phi) is 5.34. The Balaban J connectivity index is 1.64. The van der Waals surface area contributed by atoms with Crippen LogP contribution in [0.3, 0.4) is 0 Å². The van der Waals surface area contributed by atoms with Crippen LogP contribution in [0.1, 0.15) is 56.9 Å². The van der Waals surface area contributed by atoms with E-state index in [-0.39, 0.29) is 23.4 Å². The highest BCUT2D eigenvalue weighted by Crippen LogP contribution is 2.32. The summed E-state index contributed by atoms with van der Waals surface area (Å²) in [7, 11) is 0. The molecule has 2 saturated carbocycles. The summed E-state index contributed by atoms with van der Waals surface area (Å²) in [4.78, 5) is 24.7. The molecule has 3 rings (SSSR count). The smallest absolute Gasteiger partial charge is 0.224 e. The number of nitrogens with one attached hydrogen (secondary N) is 1. The fourth-order valence-electron chi connectivity index (χ4n) is 3.32. The second-order valence-electron chi connectivity index (χ2n) is 7.03. The highest BCUT2D eigenvalue weighted by molar-refractivity contribution is 6.04. The molecule has 128 valence electrons. The molecule has 0 atom stereocenters. The Morgan fingerprint density at radius 3 is 2.38 bits per heavy atom. The van der Waals surface area contributed by atoms with E-state index in [1.165, 1.54) is 25.7 Å². The van der Waals surface area contributed by atoms with Crippen molar-refractivity contribution in [2.45, 2.75) is 51.4 Å². The summed E-state index contributed by atoms with van der Waals surface area (Å²) in [6.07, 6.45) is 9.93. The van der Waals surface area contributed by atoms with E-state index in [0.29, 0.717) is 18.0 Å². The number of rotatable bonds is 7. The van der Waals surface area contributed by atoms with E-state index < -0.39 is 0 Å². The maximum absolute atomic E-state index is 12.4. The van der Waals surface area contributed by atoms with E-state index in [2.05, 4.69) is 5.32 Å². The molecular weight excluding hydrogens is 302 g/mol. The maximum atomic E-state index is 12.4. The standard InChI is InChI=1S/C20H25NO3/c22-17-10-5-15(6-11-17)13-18(20(24)16-8-9-16)21-19(23)12-7-14-3-1-2-4-14/h5-6,10-11,13-14,16,22H,1-4,7-9,12H2,(H,21,23)/b18-13-. The Morgan fingerprint density at radius 1 is 1.08 bits per heavy atom. The van der Waals surface area contributed by atoms with Crippen LogP contribution in [-0.2, 0) is 9.59 Å². The van der Waals surface area contributed by atoms with E-state index in [0.717, 1.165) is 24.8 Å². The molecule has 0 bridgehead atoms. The van der Waals surface area contributed by atoms with Gasteiger partial charge in [0.05, 0.1) is 5.70 Å². The lowest BCUT2D eigenvalue weighted by molar-refractivity contribution is -0.123. The van der Waals surface area contributed by atoms with Crippen LogP contribution in [0, 0.1) is 11.8 Å². The molecule has 4 heteroatoms. The summed E-state index contributed by atoms with van der Waals surface area (Å²) < 4.78 is 0. The zero-order valence-electron chi connectivity index (χ0n) is 14.0. The first kappa shape index (κ1) is 16.7. The molecule has 1 aromatic rings. The minimum atomic E-state index is -0.0686. The summed E-state index contributed by atoms with van der Waals surface area (Å²) in [5.74, 6) is 0.865. The van der Waals surface area contributed by atoms with Gasteiger partial charge in [-0.25, -0.2) is 0 Å². The summed E-state index contributed by atoms with van der Waals surface area (Å²) in [6.45, 7) is 0. The largest absolute Gasteiger partial charge is 0.508 e. The molecule has 1 amide bonds.